The van der Waals surface area contributed by atoms with E-state index in [0.717, 1.165) is 52.4 Å². The summed E-state index contributed by atoms with van der Waals surface area (Å²) in [5, 5.41) is 8.72. The van der Waals surface area contributed by atoms with E-state index in [1.54, 1.807) is 12.4 Å². The van der Waals surface area contributed by atoms with Crippen molar-refractivity contribution < 1.29 is 4.74 Å². The van der Waals surface area contributed by atoms with Crippen molar-refractivity contribution in [2.45, 2.75) is 26.7 Å². The molecule has 0 fully saturated rings. The molecule has 6 nitrogen and oxygen atoms in total. The third-order valence-electron chi connectivity index (χ3n) is 4.14. The summed E-state index contributed by atoms with van der Waals surface area (Å²) < 4.78 is 7.81. The highest BCUT2D eigenvalue weighted by Gasteiger charge is 2.15. The number of rotatable bonds is 5. The van der Waals surface area contributed by atoms with Crippen LogP contribution in [0.1, 0.15) is 25.5 Å². The normalized spacial score (nSPS) is 11.3. The molecule has 0 atom stereocenters. The zero-order chi connectivity index (χ0) is 17.2. The van der Waals surface area contributed by atoms with Crippen molar-refractivity contribution in [2.24, 2.45) is 0 Å². The van der Waals surface area contributed by atoms with E-state index in [9.17, 15) is 0 Å². The molecule has 1 aromatic carbocycles. The molecular formula is C19H19N5O. The molecule has 0 radical (unpaired) electrons. The molecule has 4 aromatic rings. The number of unbranched alkanes of at least 4 members (excludes halogenated alkanes) is 1. The molecule has 0 aliphatic rings. The Labute approximate surface area is 145 Å². The van der Waals surface area contributed by atoms with E-state index in [1.165, 1.54) is 0 Å². The smallest absolute Gasteiger partial charge is 0.183 e. The van der Waals surface area contributed by atoms with Crippen LogP contribution in [0.25, 0.3) is 28.1 Å². The van der Waals surface area contributed by atoms with Crippen LogP contribution in [0, 0.1) is 6.92 Å². The summed E-state index contributed by atoms with van der Waals surface area (Å²) in [5.74, 6) is 1.49. The van der Waals surface area contributed by atoms with Gasteiger partial charge in [-0.1, -0.05) is 25.5 Å². The van der Waals surface area contributed by atoms with Gasteiger partial charge in [0.15, 0.2) is 11.5 Å². The molecule has 0 amide bonds. The van der Waals surface area contributed by atoms with Crippen LogP contribution in [-0.4, -0.2) is 31.2 Å². The minimum absolute atomic E-state index is 0.689. The molecule has 0 bridgehead atoms. The van der Waals surface area contributed by atoms with Gasteiger partial charge in [-0.3, -0.25) is 9.38 Å². The van der Waals surface area contributed by atoms with E-state index in [1.807, 2.05) is 41.7 Å². The summed E-state index contributed by atoms with van der Waals surface area (Å²) in [7, 11) is 0. The average molecular weight is 333 g/mol. The highest BCUT2D eigenvalue weighted by atomic mass is 16.5. The summed E-state index contributed by atoms with van der Waals surface area (Å²) in [6.45, 7) is 4.78. The van der Waals surface area contributed by atoms with Crippen molar-refractivity contribution in [3.05, 3.63) is 48.4 Å². The lowest BCUT2D eigenvalue weighted by Gasteiger charge is -2.08. The summed E-state index contributed by atoms with van der Waals surface area (Å²) in [5.41, 5.74) is 4.36. The van der Waals surface area contributed by atoms with E-state index in [-0.39, 0.29) is 0 Å². The summed E-state index contributed by atoms with van der Waals surface area (Å²) >= 11 is 0. The number of aryl methyl sites for hydroxylation is 1. The summed E-state index contributed by atoms with van der Waals surface area (Å²) in [4.78, 5) is 8.92. The second-order valence-corrected chi connectivity index (χ2v) is 5.98. The van der Waals surface area contributed by atoms with Gasteiger partial charge < -0.3 is 4.74 Å². The summed E-state index contributed by atoms with van der Waals surface area (Å²) in [6.07, 6.45) is 5.63. The first-order chi connectivity index (χ1) is 12.3. The molecule has 25 heavy (non-hydrogen) atoms. The third-order valence-corrected chi connectivity index (χ3v) is 4.14. The highest BCUT2D eigenvalue weighted by molar-refractivity contribution is 5.81. The molecule has 0 spiro atoms. The van der Waals surface area contributed by atoms with Crippen molar-refractivity contribution in [3.63, 3.8) is 0 Å². The van der Waals surface area contributed by atoms with Crippen LogP contribution >= 0.6 is 0 Å². The van der Waals surface area contributed by atoms with Crippen LogP contribution in [0.15, 0.2) is 42.7 Å². The predicted octanol–water partition coefficient (Wildman–Crippen LogP) is 3.83. The van der Waals surface area contributed by atoms with Gasteiger partial charge in [0.25, 0.3) is 0 Å². The van der Waals surface area contributed by atoms with E-state index in [2.05, 4.69) is 27.1 Å². The van der Waals surface area contributed by atoms with Crippen LogP contribution < -0.4 is 4.74 Å². The van der Waals surface area contributed by atoms with Crippen molar-refractivity contribution >= 4 is 16.7 Å². The Bertz CT molecular complexity index is 1040. The quantitative estimate of drug-likeness (QED) is 0.519. The number of aromatic nitrogens is 5. The Balaban J connectivity index is 1.86. The maximum absolute atomic E-state index is 5.78. The lowest BCUT2D eigenvalue weighted by atomic mass is 10.2. The Morgan fingerprint density at radius 1 is 1.12 bits per heavy atom. The molecule has 3 aromatic heterocycles. The Kier molecular flexibility index (Phi) is 4.01. The van der Waals surface area contributed by atoms with Crippen molar-refractivity contribution in [3.8, 4) is 17.1 Å². The monoisotopic (exact) mass is 333 g/mol. The van der Waals surface area contributed by atoms with E-state index >= 15 is 0 Å². The Hall–Kier alpha value is -3.02. The largest absolute Gasteiger partial charge is 0.492 e. The molecular weight excluding hydrogens is 314 g/mol. The second-order valence-electron chi connectivity index (χ2n) is 5.98. The molecule has 4 rings (SSSR count). The van der Waals surface area contributed by atoms with Gasteiger partial charge >= 0.3 is 0 Å². The molecule has 3 heterocycles. The summed E-state index contributed by atoms with van der Waals surface area (Å²) in [6, 6.07) is 9.95. The van der Waals surface area contributed by atoms with Crippen LogP contribution in [0.3, 0.4) is 0 Å². The number of hydrogen-bond acceptors (Lipinski definition) is 5. The van der Waals surface area contributed by atoms with Crippen LogP contribution in [0.5, 0.6) is 5.75 Å². The molecule has 0 unspecified atom stereocenters. The van der Waals surface area contributed by atoms with Gasteiger partial charge in [-0.25, -0.2) is 4.98 Å². The fourth-order valence-corrected chi connectivity index (χ4v) is 2.87. The van der Waals surface area contributed by atoms with Gasteiger partial charge in [0.2, 0.25) is 0 Å². The molecule has 126 valence electrons. The molecule has 0 saturated carbocycles. The highest BCUT2D eigenvalue weighted by Crippen LogP contribution is 2.26. The van der Waals surface area contributed by atoms with Gasteiger partial charge in [-0.15, -0.1) is 10.2 Å². The van der Waals surface area contributed by atoms with E-state index < -0.39 is 0 Å². The average Bonchev–Trinajstić information content (AvgIpc) is 3.08. The SMILES string of the molecule is CCCCOc1cncc(-c2nnc3c(C)nc4ccccc4n23)c1. The van der Waals surface area contributed by atoms with E-state index in [4.69, 9.17) is 4.74 Å². The van der Waals surface area contributed by atoms with Gasteiger partial charge in [0.05, 0.1) is 29.5 Å². The third kappa shape index (κ3) is 2.80. The van der Waals surface area contributed by atoms with Gasteiger partial charge in [0.1, 0.15) is 5.75 Å². The molecule has 0 aliphatic carbocycles. The molecule has 6 heteroatoms. The van der Waals surface area contributed by atoms with Crippen LogP contribution in [0.4, 0.5) is 0 Å². The number of benzene rings is 1. The Morgan fingerprint density at radius 3 is 2.88 bits per heavy atom. The first-order valence-corrected chi connectivity index (χ1v) is 8.46. The zero-order valence-corrected chi connectivity index (χ0v) is 14.3. The van der Waals surface area contributed by atoms with E-state index in [0.29, 0.717) is 6.61 Å². The van der Waals surface area contributed by atoms with Gasteiger partial charge in [-0.05, 0) is 31.5 Å². The topological polar surface area (TPSA) is 65.2 Å². The lowest BCUT2D eigenvalue weighted by molar-refractivity contribution is 0.308. The number of hydrogen-bond donors (Lipinski definition) is 0. The van der Waals surface area contributed by atoms with Crippen molar-refractivity contribution in [1.29, 1.82) is 0 Å². The van der Waals surface area contributed by atoms with Crippen molar-refractivity contribution in [1.82, 2.24) is 24.6 Å². The molecule has 0 N–H and O–H groups in total. The van der Waals surface area contributed by atoms with Crippen molar-refractivity contribution in [2.75, 3.05) is 6.61 Å². The first kappa shape index (κ1) is 15.5. The maximum Gasteiger partial charge on any atom is 0.183 e. The lowest BCUT2D eigenvalue weighted by Crippen LogP contribution is -1.99. The number of fused-ring (bicyclic) bond motifs is 3. The standard InChI is InChI=1S/C19H19N5O/c1-3-4-9-25-15-10-14(11-20-12-15)19-23-22-18-13(2)21-16-7-5-6-8-17(16)24(18)19/h5-8,10-12H,3-4,9H2,1-2H3. The maximum atomic E-state index is 5.78. The fraction of sp³-hybridized carbons (Fsp3) is 0.263. The zero-order valence-electron chi connectivity index (χ0n) is 14.3. The minimum Gasteiger partial charge on any atom is -0.492 e. The Morgan fingerprint density at radius 2 is 2.00 bits per heavy atom. The number of para-hydroxylation sites is 2. The fourth-order valence-electron chi connectivity index (χ4n) is 2.87. The van der Waals surface area contributed by atoms with Gasteiger partial charge in [-0.2, -0.15) is 0 Å². The van der Waals surface area contributed by atoms with Gasteiger partial charge in [0, 0.05) is 11.8 Å². The number of ether oxygens (including phenoxy) is 1. The number of pyridine rings is 1. The first-order valence-electron chi connectivity index (χ1n) is 8.46. The van der Waals surface area contributed by atoms with Crippen LogP contribution in [0.2, 0.25) is 0 Å². The molecule has 0 saturated heterocycles. The van der Waals surface area contributed by atoms with Crippen LogP contribution in [-0.2, 0) is 0 Å². The predicted molar refractivity (Wildman–Crippen MR) is 96.7 cm³/mol. The second kappa shape index (κ2) is 6.47. The molecule has 0 aliphatic heterocycles. The number of nitrogens with zero attached hydrogens (tertiary/aromatic N) is 5. The minimum atomic E-state index is 0.689.